The van der Waals surface area contributed by atoms with E-state index in [0.717, 1.165) is 90.1 Å². The Morgan fingerprint density at radius 3 is 1.68 bits per heavy atom. The predicted molar refractivity (Wildman–Crippen MR) is 220 cm³/mol. The van der Waals surface area contributed by atoms with Gasteiger partial charge < -0.3 is 26.0 Å². The molecule has 0 radical (unpaired) electrons. The van der Waals surface area contributed by atoms with Crippen LogP contribution in [0, 0.1) is 13.8 Å². The van der Waals surface area contributed by atoms with Crippen molar-refractivity contribution in [1.29, 1.82) is 0 Å². The van der Waals surface area contributed by atoms with Crippen LogP contribution in [0.3, 0.4) is 0 Å². The molecule has 8 aromatic rings. The maximum atomic E-state index is 8.88. The maximum Gasteiger partial charge on any atom is 0.154 e. The van der Waals surface area contributed by atoms with E-state index in [0.29, 0.717) is 0 Å². The number of hydrogen-bond acceptors (Lipinski definition) is 11. The van der Waals surface area contributed by atoms with Gasteiger partial charge >= 0.3 is 0 Å². The summed E-state index contributed by atoms with van der Waals surface area (Å²) in [6, 6.07) is 22.3. The number of thiophene rings is 2. The van der Waals surface area contributed by atoms with Gasteiger partial charge in [0.15, 0.2) is 11.3 Å². The van der Waals surface area contributed by atoms with Crippen molar-refractivity contribution in [3.05, 3.63) is 95.3 Å². The Hall–Kier alpha value is -4.63. The lowest BCUT2D eigenvalue weighted by Crippen LogP contribution is -2.06. The Morgan fingerprint density at radius 2 is 1.15 bits per heavy atom. The fourth-order valence-electron chi connectivity index (χ4n) is 6.01. The molecule has 0 amide bonds. The second-order valence-electron chi connectivity index (χ2n) is 12.2. The van der Waals surface area contributed by atoms with Gasteiger partial charge in [-0.25, -0.2) is 19.0 Å². The number of aryl methyl sites for hydroxylation is 2. The summed E-state index contributed by atoms with van der Waals surface area (Å²) < 4.78 is 6.28. The average Bonchev–Trinajstić information content (AvgIpc) is 3.96. The molecule has 0 saturated heterocycles. The smallest absolute Gasteiger partial charge is 0.154 e. The topological polar surface area (TPSA) is 145 Å². The Kier molecular flexibility index (Phi) is 12.9. The molecule has 0 spiro atoms. The molecule has 0 aliphatic heterocycles. The number of halogens is 1. The molecule has 14 heteroatoms. The molecule has 11 nitrogen and oxygen atoms in total. The van der Waals surface area contributed by atoms with Gasteiger partial charge in [0.2, 0.25) is 0 Å². The van der Waals surface area contributed by atoms with Crippen molar-refractivity contribution in [3.63, 3.8) is 0 Å². The second kappa shape index (κ2) is 17.9. The summed E-state index contributed by atoms with van der Waals surface area (Å²) in [4.78, 5) is 11.4. The van der Waals surface area contributed by atoms with Crippen molar-refractivity contribution in [2.75, 3.05) is 44.0 Å². The molecule has 0 aliphatic carbocycles. The molecule has 0 saturated carbocycles. The fourth-order valence-corrected chi connectivity index (χ4v) is 8.57. The maximum absolute atomic E-state index is 8.88. The van der Waals surface area contributed by atoms with Gasteiger partial charge in [-0.15, -0.1) is 32.9 Å². The number of aliphatic hydroxyl groups excluding tert-OH is 3. The van der Waals surface area contributed by atoms with E-state index < -0.39 is 0 Å². The second-order valence-corrected chi connectivity index (χ2v) is 14.8. The first-order chi connectivity index (χ1) is 25.9. The number of aliphatic hydroxyl groups is 3. The molecule has 276 valence electrons. The third-order valence-corrected chi connectivity index (χ3v) is 11.5. The number of benzene rings is 2. The van der Waals surface area contributed by atoms with Gasteiger partial charge in [-0.3, -0.25) is 0 Å². The number of nitrogens with one attached hydrogen (secondary N) is 2. The van der Waals surface area contributed by atoms with Crippen molar-refractivity contribution in [2.24, 2.45) is 0 Å². The molecule has 0 atom stereocenters. The first-order valence-corrected chi connectivity index (χ1v) is 19.5. The van der Waals surface area contributed by atoms with Crippen LogP contribution in [0.1, 0.15) is 36.8 Å². The SMILES string of the molecule is CO.Cc1c(-c2cnc3ccc(NCCCCO)nn23)sc2ccc(Cl)cc12.Cc1c(-c2cnc3ccc(NCCCCO)nn23)sc2ccccc12. The molecule has 6 aromatic heterocycles. The molecule has 5 N–H and O–H groups in total. The molecular formula is C39H43ClN8O3S2. The number of rotatable bonds is 12. The zero-order valence-electron chi connectivity index (χ0n) is 29.9. The number of aromatic nitrogens is 6. The van der Waals surface area contributed by atoms with Gasteiger partial charge in [0, 0.05) is 47.8 Å². The van der Waals surface area contributed by atoms with Crippen molar-refractivity contribution in [1.82, 2.24) is 29.2 Å². The van der Waals surface area contributed by atoms with E-state index in [2.05, 4.69) is 64.8 Å². The van der Waals surface area contributed by atoms with Gasteiger partial charge in [0.25, 0.3) is 0 Å². The Morgan fingerprint density at radius 1 is 0.642 bits per heavy atom. The highest BCUT2D eigenvalue weighted by Gasteiger charge is 2.17. The summed E-state index contributed by atoms with van der Waals surface area (Å²) >= 11 is 9.67. The van der Waals surface area contributed by atoms with Crippen molar-refractivity contribution >= 4 is 77.4 Å². The molecule has 2 aromatic carbocycles. The highest BCUT2D eigenvalue weighted by molar-refractivity contribution is 7.22. The minimum Gasteiger partial charge on any atom is -0.400 e. The molecule has 53 heavy (non-hydrogen) atoms. The number of fused-ring (bicyclic) bond motifs is 4. The van der Waals surface area contributed by atoms with Gasteiger partial charge in [-0.2, -0.15) is 0 Å². The van der Waals surface area contributed by atoms with Crippen LogP contribution in [-0.4, -0.2) is 77.9 Å². The van der Waals surface area contributed by atoms with Crippen molar-refractivity contribution < 1.29 is 15.3 Å². The third-order valence-electron chi connectivity index (χ3n) is 8.71. The average molecular weight is 771 g/mol. The van der Waals surface area contributed by atoms with E-state index in [9.17, 15) is 0 Å². The number of anilines is 2. The van der Waals surface area contributed by atoms with Gasteiger partial charge in [0.05, 0.1) is 22.1 Å². The summed E-state index contributed by atoms with van der Waals surface area (Å²) in [6.45, 7) is 6.29. The van der Waals surface area contributed by atoms with Crippen LogP contribution in [0.5, 0.6) is 0 Å². The van der Waals surface area contributed by atoms with E-state index in [4.69, 9.17) is 37.1 Å². The lowest BCUT2D eigenvalue weighted by Gasteiger charge is -2.06. The van der Waals surface area contributed by atoms with Gasteiger partial charge in [-0.05, 0) is 110 Å². The molecule has 0 fully saturated rings. The Balaban J connectivity index is 0.000000173. The molecule has 0 bridgehead atoms. The zero-order valence-corrected chi connectivity index (χ0v) is 32.3. The molecule has 6 heterocycles. The summed E-state index contributed by atoms with van der Waals surface area (Å²) in [5.41, 5.74) is 6.12. The number of nitrogens with zero attached hydrogens (tertiary/aromatic N) is 6. The zero-order chi connectivity index (χ0) is 37.3. The van der Waals surface area contributed by atoms with E-state index >= 15 is 0 Å². The Labute approximate surface area is 320 Å². The number of unbranched alkanes of at least 4 members (excludes halogenated alkanes) is 2. The van der Waals surface area contributed by atoms with Crippen LogP contribution in [0.15, 0.2) is 79.1 Å². The highest BCUT2D eigenvalue weighted by Crippen LogP contribution is 2.40. The van der Waals surface area contributed by atoms with Crippen LogP contribution in [0.25, 0.3) is 52.6 Å². The van der Waals surface area contributed by atoms with Crippen molar-refractivity contribution in [3.8, 4) is 21.1 Å². The quantitative estimate of drug-likeness (QED) is 0.0773. The largest absolute Gasteiger partial charge is 0.400 e. The minimum absolute atomic E-state index is 0.217. The van der Waals surface area contributed by atoms with Crippen LogP contribution in [0.2, 0.25) is 5.02 Å². The fraction of sp³-hybridized carbons (Fsp3) is 0.282. The molecular weight excluding hydrogens is 728 g/mol. The van der Waals surface area contributed by atoms with E-state index in [1.165, 1.54) is 36.2 Å². The monoisotopic (exact) mass is 770 g/mol. The first kappa shape index (κ1) is 38.1. The third kappa shape index (κ3) is 8.46. The summed E-state index contributed by atoms with van der Waals surface area (Å²) in [6.07, 6.45) is 7.18. The first-order valence-electron chi connectivity index (χ1n) is 17.5. The van der Waals surface area contributed by atoms with E-state index in [-0.39, 0.29) is 13.2 Å². The van der Waals surface area contributed by atoms with Gasteiger partial charge in [-0.1, -0.05) is 29.8 Å². The molecule has 0 aliphatic rings. The lowest BCUT2D eigenvalue weighted by molar-refractivity contribution is 0.286. The minimum atomic E-state index is 0.217. The van der Waals surface area contributed by atoms with Crippen LogP contribution in [0.4, 0.5) is 11.6 Å². The summed E-state index contributed by atoms with van der Waals surface area (Å²) in [7, 11) is 1.00. The lowest BCUT2D eigenvalue weighted by atomic mass is 10.1. The van der Waals surface area contributed by atoms with E-state index in [1.54, 1.807) is 22.7 Å². The predicted octanol–water partition coefficient (Wildman–Crippen LogP) is 8.47. The molecule has 8 rings (SSSR count). The van der Waals surface area contributed by atoms with Crippen LogP contribution < -0.4 is 10.6 Å². The van der Waals surface area contributed by atoms with E-state index in [1.807, 2.05) is 57.8 Å². The van der Waals surface area contributed by atoms with Gasteiger partial charge in [0.1, 0.15) is 23.0 Å². The van der Waals surface area contributed by atoms with Crippen molar-refractivity contribution in [2.45, 2.75) is 39.5 Å². The highest BCUT2D eigenvalue weighted by atomic mass is 35.5. The number of hydrogen-bond donors (Lipinski definition) is 5. The standard InChI is InChI=1S/C19H19ClN4OS.C19H20N4OS.CH4O/c1-12-14-10-13(20)4-5-16(14)26-19(12)15-11-22-18-7-6-17(23-24(15)18)21-8-2-3-9-25;1-13-14-6-2-3-7-16(14)25-19(13)15-12-21-18-9-8-17(22-23(15)18)20-10-4-5-11-24;1-2/h4-7,10-11,25H,2-3,8-9H2,1H3,(H,21,23);2-3,6-9,12,24H,4-5,10-11H2,1H3,(H,20,22);2H,1H3. The van der Waals surface area contributed by atoms with Crippen LogP contribution in [-0.2, 0) is 0 Å². The normalized spacial score (nSPS) is 11.2. The summed E-state index contributed by atoms with van der Waals surface area (Å²) in [5.74, 6) is 1.62. The molecule has 0 unspecified atom stereocenters. The number of imidazole rings is 2. The van der Waals surface area contributed by atoms with Crippen LogP contribution >= 0.6 is 34.3 Å². The Bertz CT molecular complexity index is 2440. The summed E-state index contributed by atoms with van der Waals surface area (Å²) in [5, 5.41) is 44.0.